The number of nitrogens with zero attached hydrogens (tertiary/aromatic N) is 1. The standard InChI is InChI=1S/C21H29N3O4.ClH/c25-20(17-5-1-8-22-17)23-13-15-4-2-9-24(14-15)21(26)16-6-7-18-19(12-16)28-11-3-10-27-18;/h6-7,12,15,17,22H,1-5,8-11,13-14H2,(H,23,25);1H. The third-order valence-corrected chi connectivity index (χ3v) is 5.74. The molecule has 2 fully saturated rings. The first-order valence-corrected chi connectivity index (χ1v) is 10.4. The number of amides is 2. The van der Waals surface area contributed by atoms with E-state index in [0.29, 0.717) is 49.3 Å². The van der Waals surface area contributed by atoms with Crippen LogP contribution in [0.5, 0.6) is 11.5 Å². The molecule has 0 aromatic heterocycles. The van der Waals surface area contributed by atoms with E-state index in [4.69, 9.17) is 9.47 Å². The molecule has 0 spiro atoms. The van der Waals surface area contributed by atoms with E-state index in [2.05, 4.69) is 10.6 Å². The number of rotatable bonds is 4. The van der Waals surface area contributed by atoms with Crippen molar-refractivity contribution >= 4 is 24.2 Å². The van der Waals surface area contributed by atoms with Crippen molar-refractivity contribution in [1.29, 1.82) is 0 Å². The fourth-order valence-electron chi connectivity index (χ4n) is 4.17. The Morgan fingerprint density at radius 1 is 1.10 bits per heavy atom. The van der Waals surface area contributed by atoms with Crippen molar-refractivity contribution in [2.75, 3.05) is 39.4 Å². The fourth-order valence-corrected chi connectivity index (χ4v) is 4.17. The molecule has 3 aliphatic heterocycles. The number of likely N-dealkylation sites (tertiary alicyclic amines) is 1. The van der Waals surface area contributed by atoms with Gasteiger partial charge < -0.3 is 25.0 Å². The summed E-state index contributed by atoms with van der Waals surface area (Å²) in [5.41, 5.74) is 0.629. The van der Waals surface area contributed by atoms with E-state index in [-0.39, 0.29) is 30.3 Å². The smallest absolute Gasteiger partial charge is 0.254 e. The Labute approximate surface area is 177 Å². The Morgan fingerprint density at radius 2 is 1.93 bits per heavy atom. The van der Waals surface area contributed by atoms with Crippen LogP contribution in [0.4, 0.5) is 0 Å². The van der Waals surface area contributed by atoms with Gasteiger partial charge in [-0.1, -0.05) is 0 Å². The highest BCUT2D eigenvalue weighted by Gasteiger charge is 2.27. The van der Waals surface area contributed by atoms with Crippen molar-refractivity contribution in [1.82, 2.24) is 15.5 Å². The third-order valence-electron chi connectivity index (χ3n) is 5.74. The minimum atomic E-state index is -0.0527. The maximum Gasteiger partial charge on any atom is 0.254 e. The molecule has 2 unspecified atom stereocenters. The summed E-state index contributed by atoms with van der Waals surface area (Å²) in [4.78, 5) is 27.1. The summed E-state index contributed by atoms with van der Waals surface area (Å²) in [6.07, 6.45) is 4.79. The quantitative estimate of drug-likeness (QED) is 0.774. The number of fused-ring (bicyclic) bond motifs is 1. The lowest BCUT2D eigenvalue weighted by atomic mass is 9.97. The van der Waals surface area contributed by atoms with Crippen LogP contribution in [0.2, 0.25) is 0 Å². The summed E-state index contributed by atoms with van der Waals surface area (Å²) in [5, 5.41) is 6.29. The van der Waals surface area contributed by atoms with Crippen molar-refractivity contribution in [3.63, 3.8) is 0 Å². The van der Waals surface area contributed by atoms with Crippen molar-refractivity contribution < 1.29 is 19.1 Å². The summed E-state index contributed by atoms with van der Waals surface area (Å²) in [6, 6.07) is 5.38. The second kappa shape index (κ2) is 10.2. The predicted molar refractivity (Wildman–Crippen MR) is 112 cm³/mol. The molecular weight excluding hydrogens is 394 g/mol. The molecule has 3 aliphatic rings. The molecule has 7 nitrogen and oxygen atoms in total. The molecule has 2 atom stereocenters. The Balaban J connectivity index is 0.00000240. The Morgan fingerprint density at radius 3 is 2.72 bits per heavy atom. The molecule has 8 heteroatoms. The average Bonchev–Trinajstić information content (AvgIpc) is 3.17. The molecule has 0 radical (unpaired) electrons. The molecule has 1 aromatic carbocycles. The molecule has 0 aliphatic carbocycles. The SMILES string of the molecule is Cl.O=C(NCC1CCCN(C(=O)c2ccc3c(c2)OCCCO3)C1)C1CCCN1. The van der Waals surface area contributed by atoms with Crippen LogP contribution in [0.25, 0.3) is 0 Å². The number of ether oxygens (including phenoxy) is 2. The van der Waals surface area contributed by atoms with Gasteiger partial charge in [-0.15, -0.1) is 12.4 Å². The van der Waals surface area contributed by atoms with E-state index < -0.39 is 0 Å². The highest BCUT2D eigenvalue weighted by molar-refractivity contribution is 5.95. The van der Waals surface area contributed by atoms with Gasteiger partial charge in [0.05, 0.1) is 19.3 Å². The van der Waals surface area contributed by atoms with Crippen molar-refractivity contribution in [2.45, 2.75) is 38.1 Å². The first kappa shape index (κ1) is 21.7. The Hall–Kier alpha value is -1.99. The van der Waals surface area contributed by atoms with Crippen LogP contribution < -0.4 is 20.1 Å². The number of piperidine rings is 1. The summed E-state index contributed by atoms with van der Waals surface area (Å²) < 4.78 is 11.4. The van der Waals surface area contributed by atoms with Crippen LogP contribution in [-0.4, -0.2) is 62.1 Å². The summed E-state index contributed by atoms with van der Waals surface area (Å²) >= 11 is 0. The van der Waals surface area contributed by atoms with Crippen LogP contribution in [0.15, 0.2) is 18.2 Å². The fraction of sp³-hybridized carbons (Fsp3) is 0.619. The molecule has 3 heterocycles. The van der Waals surface area contributed by atoms with E-state index in [0.717, 1.165) is 45.2 Å². The topological polar surface area (TPSA) is 79.9 Å². The molecule has 1 aromatic rings. The van der Waals surface area contributed by atoms with E-state index in [1.54, 1.807) is 6.07 Å². The third kappa shape index (κ3) is 5.34. The van der Waals surface area contributed by atoms with Crippen molar-refractivity contribution in [3.8, 4) is 11.5 Å². The van der Waals surface area contributed by atoms with E-state index in [1.165, 1.54) is 0 Å². The lowest BCUT2D eigenvalue weighted by Crippen LogP contribution is -2.46. The first-order chi connectivity index (χ1) is 13.7. The molecule has 0 bridgehead atoms. The zero-order valence-electron chi connectivity index (χ0n) is 16.7. The van der Waals surface area contributed by atoms with Crippen molar-refractivity contribution in [3.05, 3.63) is 23.8 Å². The van der Waals surface area contributed by atoms with Gasteiger partial charge in [0.25, 0.3) is 5.91 Å². The lowest BCUT2D eigenvalue weighted by Gasteiger charge is -2.33. The average molecular weight is 424 g/mol. The molecular formula is C21H30ClN3O4. The van der Waals surface area contributed by atoms with Gasteiger partial charge in [0.2, 0.25) is 5.91 Å². The Kier molecular flexibility index (Phi) is 7.61. The molecule has 4 rings (SSSR count). The maximum absolute atomic E-state index is 13.0. The molecule has 2 N–H and O–H groups in total. The van der Waals surface area contributed by atoms with Gasteiger partial charge >= 0.3 is 0 Å². The van der Waals surface area contributed by atoms with Gasteiger partial charge in [-0.25, -0.2) is 0 Å². The zero-order valence-corrected chi connectivity index (χ0v) is 17.5. The first-order valence-electron chi connectivity index (χ1n) is 10.4. The second-order valence-corrected chi connectivity index (χ2v) is 7.87. The normalized spacial score (nSPS) is 23.7. The number of nitrogens with one attached hydrogen (secondary N) is 2. The highest BCUT2D eigenvalue weighted by atomic mass is 35.5. The van der Waals surface area contributed by atoms with E-state index in [1.807, 2.05) is 17.0 Å². The number of hydrogen-bond donors (Lipinski definition) is 2. The summed E-state index contributed by atoms with van der Waals surface area (Å²) in [6.45, 7) is 4.21. The number of carbonyl (C=O) groups is 2. The van der Waals surface area contributed by atoms with Gasteiger partial charge in [0, 0.05) is 31.6 Å². The largest absolute Gasteiger partial charge is 0.490 e. The van der Waals surface area contributed by atoms with Gasteiger partial charge in [0.1, 0.15) is 0 Å². The van der Waals surface area contributed by atoms with E-state index in [9.17, 15) is 9.59 Å². The van der Waals surface area contributed by atoms with Gasteiger partial charge in [-0.3, -0.25) is 9.59 Å². The monoisotopic (exact) mass is 423 g/mol. The van der Waals surface area contributed by atoms with E-state index >= 15 is 0 Å². The van der Waals surface area contributed by atoms with Crippen molar-refractivity contribution in [2.24, 2.45) is 5.92 Å². The Bertz CT molecular complexity index is 724. The summed E-state index contributed by atoms with van der Waals surface area (Å²) in [5.74, 6) is 1.75. The second-order valence-electron chi connectivity index (χ2n) is 7.87. The molecule has 160 valence electrons. The van der Waals surface area contributed by atoms with Crippen LogP contribution in [0.1, 0.15) is 42.5 Å². The zero-order chi connectivity index (χ0) is 19.3. The maximum atomic E-state index is 13.0. The van der Waals surface area contributed by atoms with Gasteiger partial charge in [-0.2, -0.15) is 0 Å². The number of benzene rings is 1. The lowest BCUT2D eigenvalue weighted by molar-refractivity contribution is -0.123. The van der Waals surface area contributed by atoms with Crippen LogP contribution in [-0.2, 0) is 4.79 Å². The molecule has 2 amide bonds. The van der Waals surface area contributed by atoms with Crippen LogP contribution >= 0.6 is 12.4 Å². The number of carbonyl (C=O) groups excluding carboxylic acids is 2. The predicted octanol–water partition coefficient (Wildman–Crippen LogP) is 1.99. The van der Waals surface area contributed by atoms with Gasteiger partial charge in [-0.05, 0) is 56.3 Å². The number of halogens is 1. The minimum absolute atomic E-state index is 0. The molecule has 0 saturated carbocycles. The van der Waals surface area contributed by atoms with Gasteiger partial charge in [0.15, 0.2) is 11.5 Å². The van der Waals surface area contributed by atoms with Crippen LogP contribution in [0, 0.1) is 5.92 Å². The molecule has 2 saturated heterocycles. The summed E-state index contributed by atoms with van der Waals surface area (Å²) in [7, 11) is 0. The molecule has 29 heavy (non-hydrogen) atoms. The number of hydrogen-bond acceptors (Lipinski definition) is 5. The van der Waals surface area contributed by atoms with Crippen LogP contribution in [0.3, 0.4) is 0 Å². The highest BCUT2D eigenvalue weighted by Crippen LogP contribution is 2.31. The minimum Gasteiger partial charge on any atom is -0.490 e.